The van der Waals surface area contributed by atoms with E-state index in [1.165, 1.54) is 0 Å². The van der Waals surface area contributed by atoms with Crippen molar-refractivity contribution in [3.8, 4) is 5.69 Å². The molecule has 0 saturated heterocycles. The number of hydrazone groups is 1. The molecular formula is C21H19Cl2N3O. The van der Waals surface area contributed by atoms with E-state index in [-0.39, 0.29) is 5.91 Å². The van der Waals surface area contributed by atoms with Crippen LogP contribution in [0.2, 0.25) is 10.0 Å². The molecule has 0 radical (unpaired) electrons. The van der Waals surface area contributed by atoms with Gasteiger partial charge in [0, 0.05) is 27.7 Å². The van der Waals surface area contributed by atoms with Crippen molar-refractivity contribution in [1.29, 1.82) is 0 Å². The van der Waals surface area contributed by atoms with Crippen molar-refractivity contribution in [3.63, 3.8) is 0 Å². The third-order valence-electron chi connectivity index (χ3n) is 4.37. The molecule has 1 N–H and O–H groups in total. The molecule has 0 bridgehead atoms. The Morgan fingerprint density at radius 2 is 1.81 bits per heavy atom. The minimum absolute atomic E-state index is 0.351. The number of aromatic nitrogens is 1. The molecule has 4 nitrogen and oxygen atoms in total. The summed E-state index contributed by atoms with van der Waals surface area (Å²) >= 11 is 12.2. The number of carbonyl (C=O) groups excluding carboxylic acids is 1. The molecule has 0 spiro atoms. The lowest BCUT2D eigenvalue weighted by molar-refractivity contribution is 0.0955. The number of rotatable bonds is 4. The fraction of sp³-hybridized carbons (Fsp3) is 0.143. The van der Waals surface area contributed by atoms with Gasteiger partial charge in [0.05, 0.1) is 16.8 Å². The third-order valence-corrected chi connectivity index (χ3v) is 4.94. The van der Waals surface area contributed by atoms with Crippen LogP contribution in [0.25, 0.3) is 5.69 Å². The third kappa shape index (κ3) is 4.07. The van der Waals surface area contributed by atoms with Crippen LogP contribution in [0.1, 0.15) is 32.9 Å². The molecule has 6 heteroatoms. The number of nitrogens with zero attached hydrogens (tertiary/aromatic N) is 2. The van der Waals surface area contributed by atoms with Gasteiger partial charge in [0.15, 0.2) is 0 Å². The van der Waals surface area contributed by atoms with Crippen molar-refractivity contribution in [2.24, 2.45) is 5.10 Å². The lowest BCUT2D eigenvalue weighted by Gasteiger charge is -2.13. The molecule has 0 aliphatic rings. The Morgan fingerprint density at radius 1 is 1.07 bits per heavy atom. The van der Waals surface area contributed by atoms with Crippen molar-refractivity contribution in [1.82, 2.24) is 9.99 Å². The predicted molar refractivity (Wildman–Crippen MR) is 112 cm³/mol. The Hall–Kier alpha value is -2.56. The van der Waals surface area contributed by atoms with Crippen molar-refractivity contribution in [3.05, 3.63) is 86.7 Å². The largest absolute Gasteiger partial charge is 0.318 e. The number of nitrogens with one attached hydrogen (secondary N) is 1. The molecule has 3 rings (SSSR count). The molecule has 3 aromatic rings. The molecule has 1 amide bonds. The summed E-state index contributed by atoms with van der Waals surface area (Å²) in [6, 6.07) is 14.7. The summed E-state index contributed by atoms with van der Waals surface area (Å²) in [5, 5.41) is 5.16. The smallest absolute Gasteiger partial charge is 0.272 e. The van der Waals surface area contributed by atoms with Crippen molar-refractivity contribution in [2.45, 2.75) is 20.8 Å². The quantitative estimate of drug-likeness (QED) is 0.458. The van der Waals surface area contributed by atoms with Crippen molar-refractivity contribution in [2.75, 3.05) is 0 Å². The zero-order chi connectivity index (χ0) is 19.6. The minimum atomic E-state index is -0.351. The molecule has 0 atom stereocenters. The average molecular weight is 400 g/mol. The fourth-order valence-corrected chi connectivity index (χ4v) is 3.37. The highest BCUT2D eigenvalue weighted by Crippen LogP contribution is 2.25. The van der Waals surface area contributed by atoms with E-state index in [1.54, 1.807) is 30.5 Å². The van der Waals surface area contributed by atoms with E-state index in [9.17, 15) is 4.79 Å². The number of benzene rings is 2. The molecule has 27 heavy (non-hydrogen) atoms. The number of carbonyl (C=O) groups is 1. The van der Waals surface area contributed by atoms with Gasteiger partial charge in [-0.3, -0.25) is 4.79 Å². The van der Waals surface area contributed by atoms with Crippen LogP contribution in [0, 0.1) is 20.8 Å². The van der Waals surface area contributed by atoms with Gasteiger partial charge in [-0.15, -0.1) is 0 Å². The normalized spacial score (nSPS) is 11.1. The first kappa shape index (κ1) is 19.2. The van der Waals surface area contributed by atoms with Crippen LogP contribution >= 0.6 is 23.2 Å². The van der Waals surface area contributed by atoms with E-state index in [0.29, 0.717) is 15.6 Å². The highest BCUT2D eigenvalue weighted by Gasteiger charge is 2.12. The first-order valence-corrected chi connectivity index (χ1v) is 9.17. The Bertz CT molecular complexity index is 1040. The minimum Gasteiger partial charge on any atom is -0.318 e. The summed E-state index contributed by atoms with van der Waals surface area (Å²) in [7, 11) is 0. The number of amides is 1. The number of aryl methyl sites for hydroxylation is 2. The summed E-state index contributed by atoms with van der Waals surface area (Å²) in [5.41, 5.74) is 8.02. The van der Waals surface area contributed by atoms with Gasteiger partial charge in [0.25, 0.3) is 5.91 Å². The zero-order valence-electron chi connectivity index (χ0n) is 15.3. The van der Waals surface area contributed by atoms with Crippen LogP contribution < -0.4 is 5.43 Å². The first-order chi connectivity index (χ1) is 12.9. The maximum atomic E-state index is 12.2. The average Bonchev–Trinajstić information content (AvgIpc) is 2.91. The SMILES string of the molecule is Cc1ccc(Cl)cc1-n1c(C)cc(/C=N\NC(=O)c2ccccc2Cl)c1C. The van der Waals surface area contributed by atoms with E-state index >= 15 is 0 Å². The lowest BCUT2D eigenvalue weighted by atomic mass is 10.2. The maximum absolute atomic E-state index is 12.2. The van der Waals surface area contributed by atoms with Crippen molar-refractivity contribution < 1.29 is 4.79 Å². The summed E-state index contributed by atoms with van der Waals surface area (Å²) in [6.07, 6.45) is 1.63. The van der Waals surface area contributed by atoms with Gasteiger partial charge < -0.3 is 4.57 Å². The van der Waals surface area contributed by atoms with Crippen LogP contribution in [0.4, 0.5) is 0 Å². The van der Waals surface area contributed by atoms with Crippen LogP contribution in [0.3, 0.4) is 0 Å². The van der Waals surface area contributed by atoms with Crippen LogP contribution in [0.15, 0.2) is 53.6 Å². The molecule has 0 aliphatic carbocycles. The van der Waals surface area contributed by atoms with Crippen molar-refractivity contribution >= 4 is 35.3 Å². The van der Waals surface area contributed by atoms with Gasteiger partial charge in [-0.2, -0.15) is 5.10 Å². The van der Waals surface area contributed by atoms with Gasteiger partial charge in [0.2, 0.25) is 0 Å². The highest BCUT2D eigenvalue weighted by molar-refractivity contribution is 6.33. The Balaban J connectivity index is 1.85. The Kier molecular flexibility index (Phi) is 5.68. The number of hydrogen-bond acceptors (Lipinski definition) is 2. The van der Waals surface area contributed by atoms with E-state index in [2.05, 4.69) is 15.1 Å². The molecular weight excluding hydrogens is 381 g/mol. The van der Waals surface area contributed by atoms with Crippen LogP contribution in [-0.2, 0) is 0 Å². The highest BCUT2D eigenvalue weighted by atomic mass is 35.5. The van der Waals surface area contributed by atoms with Crippen LogP contribution in [0.5, 0.6) is 0 Å². The summed E-state index contributed by atoms with van der Waals surface area (Å²) in [4.78, 5) is 12.2. The second kappa shape index (κ2) is 7.99. The lowest BCUT2D eigenvalue weighted by Crippen LogP contribution is -2.18. The summed E-state index contributed by atoms with van der Waals surface area (Å²) < 4.78 is 2.12. The van der Waals surface area contributed by atoms with E-state index in [1.807, 2.05) is 45.0 Å². The molecule has 2 aromatic carbocycles. The molecule has 0 fully saturated rings. The van der Waals surface area contributed by atoms with E-state index in [4.69, 9.17) is 23.2 Å². The standard InChI is InChI=1S/C21H19Cl2N3O/c1-13-8-9-17(22)11-20(13)26-14(2)10-16(15(26)3)12-24-25-21(27)18-6-4-5-7-19(18)23/h4-12H,1-3H3,(H,25,27)/b24-12-. The molecule has 138 valence electrons. The fourth-order valence-electron chi connectivity index (χ4n) is 2.98. The number of hydrogen-bond donors (Lipinski definition) is 1. The second-order valence-electron chi connectivity index (χ2n) is 6.27. The van der Waals surface area contributed by atoms with E-state index < -0.39 is 0 Å². The molecule has 0 aliphatic heterocycles. The summed E-state index contributed by atoms with van der Waals surface area (Å²) in [6.45, 7) is 6.07. The monoisotopic (exact) mass is 399 g/mol. The van der Waals surface area contributed by atoms with Crippen LogP contribution in [-0.4, -0.2) is 16.7 Å². The Labute approximate surface area is 168 Å². The second-order valence-corrected chi connectivity index (χ2v) is 7.12. The maximum Gasteiger partial charge on any atom is 0.272 e. The predicted octanol–water partition coefficient (Wildman–Crippen LogP) is 5.47. The van der Waals surface area contributed by atoms with Gasteiger partial charge in [-0.25, -0.2) is 5.43 Å². The van der Waals surface area contributed by atoms with Gasteiger partial charge in [0.1, 0.15) is 0 Å². The molecule has 0 unspecified atom stereocenters. The molecule has 1 heterocycles. The first-order valence-electron chi connectivity index (χ1n) is 8.42. The Morgan fingerprint density at radius 3 is 2.56 bits per heavy atom. The van der Waals surface area contributed by atoms with Gasteiger partial charge in [-0.1, -0.05) is 41.4 Å². The molecule has 1 aromatic heterocycles. The molecule has 0 saturated carbocycles. The van der Waals surface area contributed by atoms with Gasteiger partial charge >= 0.3 is 0 Å². The van der Waals surface area contributed by atoms with Gasteiger partial charge in [-0.05, 0) is 56.7 Å². The van der Waals surface area contributed by atoms with E-state index in [0.717, 1.165) is 28.2 Å². The number of halogens is 2. The topological polar surface area (TPSA) is 46.4 Å². The summed E-state index contributed by atoms with van der Waals surface area (Å²) in [5.74, 6) is -0.351. The zero-order valence-corrected chi connectivity index (χ0v) is 16.8.